The first-order valence-corrected chi connectivity index (χ1v) is 10.2. The van der Waals surface area contributed by atoms with Crippen molar-refractivity contribution in [2.45, 2.75) is 13.3 Å². The second kappa shape index (κ2) is 7.95. The number of amides is 1. The number of benzene rings is 2. The second-order valence-corrected chi connectivity index (χ2v) is 7.99. The van der Waals surface area contributed by atoms with E-state index in [1.54, 1.807) is 19.1 Å². The van der Waals surface area contributed by atoms with Gasteiger partial charge in [0, 0.05) is 17.5 Å². The van der Waals surface area contributed by atoms with Crippen molar-refractivity contribution in [3.63, 3.8) is 0 Å². The number of para-hydroxylation sites is 1. The van der Waals surface area contributed by atoms with Crippen molar-refractivity contribution < 1.29 is 22.0 Å². The van der Waals surface area contributed by atoms with Crippen LogP contribution in [0.25, 0.3) is 10.9 Å². The Morgan fingerprint density at radius 3 is 2.62 bits per heavy atom. The molecular weight excluding hydrogens is 404 g/mol. The molecule has 0 aliphatic rings. The number of rotatable bonds is 6. The van der Waals surface area contributed by atoms with Gasteiger partial charge < -0.3 is 11.1 Å². The van der Waals surface area contributed by atoms with E-state index in [9.17, 15) is 22.0 Å². The zero-order chi connectivity index (χ0) is 21.2. The molecule has 3 aromatic rings. The third-order valence-electron chi connectivity index (χ3n) is 3.96. The molecule has 3 rings (SSSR count). The molecule has 4 N–H and O–H groups in total. The van der Waals surface area contributed by atoms with Gasteiger partial charge in [-0.1, -0.05) is 13.0 Å². The standard InChI is InChI=1S/C18H17F2N5O3S/c1-2-6-29(27,28)25-14-8-10(19)7-13(15(14)20)24-18(26)12-5-3-4-11-16(12)22-9-23-17(11)21/h3-5,7-9,25H,2,6H2,1H3,(H,24,26)(H2,21,22,23). The normalized spacial score (nSPS) is 11.4. The van der Waals surface area contributed by atoms with Crippen LogP contribution in [0, 0.1) is 11.6 Å². The van der Waals surface area contributed by atoms with Crippen LogP contribution in [0.5, 0.6) is 0 Å². The van der Waals surface area contributed by atoms with Crippen LogP contribution in [-0.4, -0.2) is 30.0 Å². The molecule has 0 atom stereocenters. The highest BCUT2D eigenvalue weighted by Crippen LogP contribution is 2.27. The zero-order valence-electron chi connectivity index (χ0n) is 15.2. The monoisotopic (exact) mass is 421 g/mol. The molecule has 1 aromatic heterocycles. The summed E-state index contributed by atoms with van der Waals surface area (Å²) in [5.41, 5.74) is 4.94. The zero-order valence-corrected chi connectivity index (χ0v) is 16.1. The van der Waals surface area contributed by atoms with E-state index in [1.807, 2.05) is 4.72 Å². The number of aromatic nitrogens is 2. The number of sulfonamides is 1. The average Bonchev–Trinajstić information content (AvgIpc) is 2.65. The van der Waals surface area contributed by atoms with E-state index in [0.717, 1.165) is 6.07 Å². The molecule has 0 saturated carbocycles. The van der Waals surface area contributed by atoms with E-state index >= 15 is 0 Å². The van der Waals surface area contributed by atoms with Gasteiger partial charge in [-0.05, 0) is 18.6 Å². The fraction of sp³-hybridized carbons (Fsp3) is 0.167. The molecule has 11 heteroatoms. The average molecular weight is 421 g/mol. The SMILES string of the molecule is CCCS(=O)(=O)Nc1cc(F)cc(NC(=O)c2cccc3c(N)ncnc23)c1F. The van der Waals surface area contributed by atoms with Gasteiger partial charge in [0.05, 0.1) is 28.2 Å². The molecule has 0 aliphatic heterocycles. The van der Waals surface area contributed by atoms with Gasteiger partial charge in [-0.2, -0.15) is 0 Å². The van der Waals surface area contributed by atoms with E-state index in [0.29, 0.717) is 17.9 Å². The number of hydrogen-bond donors (Lipinski definition) is 3. The van der Waals surface area contributed by atoms with Crippen molar-refractivity contribution >= 4 is 44.0 Å². The van der Waals surface area contributed by atoms with Gasteiger partial charge in [-0.3, -0.25) is 9.52 Å². The van der Waals surface area contributed by atoms with E-state index in [4.69, 9.17) is 5.73 Å². The number of nitrogen functional groups attached to an aromatic ring is 1. The third-order valence-corrected chi connectivity index (χ3v) is 5.44. The van der Waals surface area contributed by atoms with Crippen LogP contribution in [0.1, 0.15) is 23.7 Å². The van der Waals surface area contributed by atoms with Crippen molar-refractivity contribution in [2.75, 3.05) is 21.5 Å². The van der Waals surface area contributed by atoms with Gasteiger partial charge in [0.1, 0.15) is 18.0 Å². The summed E-state index contributed by atoms with van der Waals surface area (Å²) in [4.78, 5) is 20.5. The lowest BCUT2D eigenvalue weighted by molar-refractivity contribution is 0.102. The van der Waals surface area contributed by atoms with Crippen LogP contribution < -0.4 is 15.8 Å². The highest BCUT2D eigenvalue weighted by Gasteiger charge is 2.20. The lowest BCUT2D eigenvalue weighted by Crippen LogP contribution is -2.19. The minimum Gasteiger partial charge on any atom is -0.383 e. The first-order chi connectivity index (χ1) is 13.7. The van der Waals surface area contributed by atoms with Crippen LogP contribution in [0.3, 0.4) is 0 Å². The molecule has 2 aromatic carbocycles. The quantitative estimate of drug-likeness (QED) is 0.562. The first-order valence-electron chi connectivity index (χ1n) is 8.52. The maximum absolute atomic E-state index is 14.7. The largest absolute Gasteiger partial charge is 0.383 e. The van der Waals surface area contributed by atoms with Gasteiger partial charge >= 0.3 is 0 Å². The maximum atomic E-state index is 14.7. The molecule has 0 saturated heterocycles. The summed E-state index contributed by atoms with van der Waals surface area (Å²) in [6.45, 7) is 1.63. The van der Waals surface area contributed by atoms with Gasteiger partial charge in [0.2, 0.25) is 10.0 Å². The van der Waals surface area contributed by atoms with E-state index in [2.05, 4.69) is 15.3 Å². The van der Waals surface area contributed by atoms with Crippen molar-refractivity contribution in [2.24, 2.45) is 0 Å². The summed E-state index contributed by atoms with van der Waals surface area (Å²) in [7, 11) is -3.86. The Morgan fingerprint density at radius 1 is 1.17 bits per heavy atom. The summed E-state index contributed by atoms with van der Waals surface area (Å²) in [6.07, 6.45) is 1.47. The van der Waals surface area contributed by atoms with Crippen LogP contribution in [0.4, 0.5) is 26.0 Å². The molecule has 0 bridgehead atoms. The predicted molar refractivity (Wildman–Crippen MR) is 106 cm³/mol. The Kier molecular flexibility index (Phi) is 5.59. The molecule has 0 radical (unpaired) electrons. The molecule has 0 unspecified atom stereocenters. The number of hydrogen-bond acceptors (Lipinski definition) is 6. The Bertz CT molecular complexity index is 1200. The third kappa shape index (κ3) is 4.40. The molecule has 8 nitrogen and oxygen atoms in total. The van der Waals surface area contributed by atoms with E-state index < -0.39 is 38.9 Å². The smallest absolute Gasteiger partial charge is 0.257 e. The number of nitrogens with one attached hydrogen (secondary N) is 2. The minimum absolute atomic E-state index is 0.0633. The summed E-state index contributed by atoms with van der Waals surface area (Å²) in [5, 5.41) is 2.67. The molecular formula is C18H17F2N5O3S. The molecule has 152 valence electrons. The molecule has 0 fully saturated rings. The summed E-state index contributed by atoms with van der Waals surface area (Å²) in [6, 6.07) is 6.05. The minimum atomic E-state index is -3.86. The van der Waals surface area contributed by atoms with E-state index in [-0.39, 0.29) is 22.7 Å². The Morgan fingerprint density at radius 2 is 1.90 bits per heavy atom. The molecule has 0 aliphatic carbocycles. The van der Waals surface area contributed by atoms with Crippen LogP contribution in [0.2, 0.25) is 0 Å². The van der Waals surface area contributed by atoms with Crippen molar-refractivity contribution in [3.05, 3.63) is 53.9 Å². The number of halogens is 2. The Hall–Kier alpha value is -3.34. The topological polar surface area (TPSA) is 127 Å². The summed E-state index contributed by atoms with van der Waals surface area (Å²) in [5.74, 6) is -2.93. The van der Waals surface area contributed by atoms with Crippen LogP contribution >= 0.6 is 0 Å². The van der Waals surface area contributed by atoms with E-state index in [1.165, 1.54) is 12.4 Å². The Labute approximate surface area is 165 Å². The highest BCUT2D eigenvalue weighted by molar-refractivity contribution is 7.92. The lowest BCUT2D eigenvalue weighted by Gasteiger charge is -2.13. The number of anilines is 3. The second-order valence-electron chi connectivity index (χ2n) is 6.15. The van der Waals surface area contributed by atoms with Gasteiger partial charge in [0.25, 0.3) is 5.91 Å². The predicted octanol–water partition coefficient (Wildman–Crippen LogP) is 2.89. The lowest BCUT2D eigenvalue weighted by atomic mass is 10.1. The summed E-state index contributed by atoms with van der Waals surface area (Å²) >= 11 is 0. The first kappa shape index (κ1) is 20.4. The summed E-state index contributed by atoms with van der Waals surface area (Å²) < 4.78 is 54.4. The van der Waals surface area contributed by atoms with Crippen LogP contribution in [-0.2, 0) is 10.0 Å². The number of carbonyl (C=O) groups is 1. The van der Waals surface area contributed by atoms with Crippen molar-refractivity contribution in [1.82, 2.24) is 9.97 Å². The fourth-order valence-electron chi connectivity index (χ4n) is 2.72. The maximum Gasteiger partial charge on any atom is 0.257 e. The molecule has 29 heavy (non-hydrogen) atoms. The molecule has 0 spiro atoms. The number of nitrogens with zero attached hydrogens (tertiary/aromatic N) is 2. The van der Waals surface area contributed by atoms with Gasteiger partial charge in [-0.15, -0.1) is 0 Å². The Balaban J connectivity index is 1.97. The van der Waals surface area contributed by atoms with Crippen molar-refractivity contribution in [1.29, 1.82) is 0 Å². The molecule has 1 amide bonds. The number of carbonyl (C=O) groups excluding carboxylic acids is 1. The van der Waals surface area contributed by atoms with Gasteiger partial charge in [0.15, 0.2) is 5.82 Å². The van der Waals surface area contributed by atoms with Crippen molar-refractivity contribution in [3.8, 4) is 0 Å². The number of nitrogens with two attached hydrogens (primary N) is 1. The van der Waals surface area contributed by atoms with Crippen LogP contribution in [0.15, 0.2) is 36.7 Å². The van der Waals surface area contributed by atoms with Gasteiger partial charge in [-0.25, -0.2) is 27.2 Å². The number of fused-ring (bicyclic) bond motifs is 1. The fourth-order valence-corrected chi connectivity index (χ4v) is 3.85. The molecule has 1 heterocycles. The highest BCUT2D eigenvalue weighted by atomic mass is 32.2.